The summed E-state index contributed by atoms with van der Waals surface area (Å²) in [5.41, 5.74) is 2.59. The molecule has 5 heteroatoms. The van der Waals surface area contributed by atoms with Gasteiger partial charge in [0.1, 0.15) is 5.69 Å². The first-order valence-corrected chi connectivity index (χ1v) is 8.39. The minimum Gasteiger partial charge on any atom is -0.333 e. The molecule has 3 nitrogen and oxygen atoms in total. The van der Waals surface area contributed by atoms with Gasteiger partial charge in [-0.05, 0) is 59.4 Å². The van der Waals surface area contributed by atoms with E-state index in [4.69, 9.17) is 0 Å². The normalized spacial score (nSPS) is 11.2. The molecular formula is C16H15BrN2OS. The lowest BCUT2D eigenvalue weighted by Gasteiger charge is -2.14. The molecule has 0 saturated carbocycles. The maximum Gasteiger partial charge on any atom is 0.272 e. The van der Waals surface area contributed by atoms with Crippen molar-refractivity contribution in [3.05, 3.63) is 51.9 Å². The lowest BCUT2D eigenvalue weighted by molar-refractivity contribution is 0.101. The van der Waals surface area contributed by atoms with Crippen molar-refractivity contribution in [1.29, 1.82) is 0 Å². The average Bonchev–Trinajstić information content (AvgIpc) is 3.00. The number of carbonyl (C=O) groups excluding carboxylic acids is 1. The van der Waals surface area contributed by atoms with Crippen LogP contribution in [0.1, 0.15) is 30.4 Å². The summed E-state index contributed by atoms with van der Waals surface area (Å²) in [6.45, 7) is 4.18. The van der Waals surface area contributed by atoms with E-state index in [9.17, 15) is 4.79 Å². The molecule has 2 aromatic heterocycles. The van der Waals surface area contributed by atoms with E-state index in [2.05, 4.69) is 51.1 Å². The molecule has 108 valence electrons. The number of amides is 1. The van der Waals surface area contributed by atoms with E-state index in [1.807, 2.05) is 30.3 Å². The molecule has 3 rings (SSSR count). The zero-order valence-corrected chi connectivity index (χ0v) is 14.2. The molecule has 0 aliphatic rings. The van der Waals surface area contributed by atoms with Gasteiger partial charge in [-0.1, -0.05) is 12.1 Å². The van der Waals surface area contributed by atoms with Gasteiger partial charge in [-0.25, -0.2) is 0 Å². The number of carbonyl (C=O) groups is 1. The summed E-state index contributed by atoms with van der Waals surface area (Å²) in [5, 5.41) is 5.03. The predicted molar refractivity (Wildman–Crippen MR) is 92.3 cm³/mol. The van der Waals surface area contributed by atoms with Crippen molar-refractivity contribution < 1.29 is 4.79 Å². The number of para-hydroxylation sites is 1. The van der Waals surface area contributed by atoms with Crippen molar-refractivity contribution in [2.24, 2.45) is 0 Å². The van der Waals surface area contributed by atoms with Gasteiger partial charge in [0.05, 0.1) is 15.9 Å². The Labute approximate surface area is 135 Å². The van der Waals surface area contributed by atoms with Crippen molar-refractivity contribution in [2.75, 3.05) is 5.32 Å². The molecule has 0 fully saturated rings. The van der Waals surface area contributed by atoms with Crippen LogP contribution in [0.3, 0.4) is 0 Å². The van der Waals surface area contributed by atoms with E-state index in [-0.39, 0.29) is 11.9 Å². The van der Waals surface area contributed by atoms with Gasteiger partial charge in [-0.15, -0.1) is 11.3 Å². The van der Waals surface area contributed by atoms with Crippen LogP contribution in [-0.4, -0.2) is 10.5 Å². The number of hydrogen-bond acceptors (Lipinski definition) is 2. The second-order valence-corrected chi connectivity index (χ2v) is 6.90. The number of nitrogens with one attached hydrogen (secondary N) is 1. The lowest BCUT2D eigenvalue weighted by atomic mass is 10.3. The monoisotopic (exact) mass is 362 g/mol. The molecule has 1 N–H and O–H groups in total. The molecule has 0 radical (unpaired) electrons. The fraction of sp³-hybridized carbons (Fsp3) is 0.188. The molecule has 3 aromatic rings. The second kappa shape index (κ2) is 5.66. The first kappa shape index (κ1) is 14.4. The van der Waals surface area contributed by atoms with Gasteiger partial charge in [0.25, 0.3) is 5.91 Å². The highest BCUT2D eigenvalue weighted by molar-refractivity contribution is 9.10. The van der Waals surface area contributed by atoms with Crippen molar-refractivity contribution >= 4 is 49.1 Å². The van der Waals surface area contributed by atoms with Crippen LogP contribution < -0.4 is 5.32 Å². The average molecular weight is 363 g/mol. The number of aromatic nitrogens is 1. The van der Waals surface area contributed by atoms with Gasteiger partial charge in [-0.3, -0.25) is 4.79 Å². The van der Waals surface area contributed by atoms with E-state index in [0.717, 1.165) is 20.4 Å². The number of halogens is 1. The summed E-state index contributed by atoms with van der Waals surface area (Å²) < 4.78 is 4.10. The highest BCUT2D eigenvalue weighted by atomic mass is 79.9. The Bertz CT molecular complexity index is 804. The number of anilines is 1. The summed E-state index contributed by atoms with van der Waals surface area (Å²) in [6, 6.07) is 11.9. The van der Waals surface area contributed by atoms with Gasteiger partial charge in [0, 0.05) is 10.5 Å². The summed E-state index contributed by atoms with van der Waals surface area (Å²) in [6.07, 6.45) is 0. The number of fused-ring (bicyclic) bond motifs is 1. The zero-order chi connectivity index (χ0) is 15.0. The van der Waals surface area contributed by atoms with E-state index >= 15 is 0 Å². The third kappa shape index (κ3) is 2.63. The topological polar surface area (TPSA) is 34.0 Å². The molecule has 0 aliphatic carbocycles. The first-order valence-electron chi connectivity index (χ1n) is 6.72. The number of thiophene rings is 1. The molecule has 0 aliphatic heterocycles. The third-order valence-corrected chi connectivity index (χ3v) is 4.88. The predicted octanol–water partition coefficient (Wildman–Crippen LogP) is 5.30. The van der Waals surface area contributed by atoms with Crippen LogP contribution in [0.5, 0.6) is 0 Å². The number of benzene rings is 1. The van der Waals surface area contributed by atoms with Crippen molar-refractivity contribution in [3.63, 3.8) is 0 Å². The minimum absolute atomic E-state index is 0.0843. The number of hydrogen-bond donors (Lipinski definition) is 1. The largest absolute Gasteiger partial charge is 0.333 e. The number of rotatable bonds is 3. The number of nitrogens with zero attached hydrogens (tertiary/aromatic N) is 1. The van der Waals surface area contributed by atoms with Gasteiger partial charge in [0.15, 0.2) is 0 Å². The lowest BCUT2D eigenvalue weighted by Crippen LogP contribution is -2.18. The molecule has 21 heavy (non-hydrogen) atoms. The molecule has 1 amide bonds. The van der Waals surface area contributed by atoms with Crippen LogP contribution in [0.15, 0.2) is 46.3 Å². The van der Waals surface area contributed by atoms with Crippen LogP contribution in [0.4, 0.5) is 5.69 Å². The van der Waals surface area contributed by atoms with Crippen LogP contribution in [0, 0.1) is 0 Å². The fourth-order valence-corrected chi connectivity index (χ4v) is 3.62. The maximum absolute atomic E-state index is 12.6. The third-order valence-electron chi connectivity index (χ3n) is 3.33. The van der Waals surface area contributed by atoms with Crippen molar-refractivity contribution in [3.8, 4) is 0 Å². The van der Waals surface area contributed by atoms with E-state index in [0.29, 0.717) is 5.69 Å². The molecule has 1 aromatic carbocycles. The van der Waals surface area contributed by atoms with Crippen LogP contribution in [0.2, 0.25) is 0 Å². The SMILES string of the molecule is CC(C)n1c(C(=O)Nc2ccccc2Br)cc2sccc21. The van der Waals surface area contributed by atoms with Crippen molar-refractivity contribution in [1.82, 2.24) is 4.57 Å². The minimum atomic E-state index is -0.0843. The molecular weight excluding hydrogens is 348 g/mol. The highest BCUT2D eigenvalue weighted by Crippen LogP contribution is 2.29. The smallest absolute Gasteiger partial charge is 0.272 e. The summed E-state index contributed by atoms with van der Waals surface area (Å²) in [7, 11) is 0. The zero-order valence-electron chi connectivity index (χ0n) is 11.8. The summed E-state index contributed by atoms with van der Waals surface area (Å²) in [4.78, 5) is 12.6. The molecule has 2 heterocycles. The molecule has 0 saturated heterocycles. The first-order chi connectivity index (χ1) is 10.1. The van der Waals surface area contributed by atoms with Gasteiger partial charge >= 0.3 is 0 Å². The van der Waals surface area contributed by atoms with E-state index in [1.165, 1.54) is 0 Å². The van der Waals surface area contributed by atoms with E-state index < -0.39 is 0 Å². The van der Waals surface area contributed by atoms with Gasteiger partial charge < -0.3 is 9.88 Å². The Hall–Kier alpha value is -1.59. The maximum atomic E-state index is 12.6. The quantitative estimate of drug-likeness (QED) is 0.673. The summed E-state index contributed by atoms with van der Waals surface area (Å²) >= 11 is 5.11. The Morgan fingerprint density at radius 2 is 2.05 bits per heavy atom. The second-order valence-electron chi connectivity index (χ2n) is 5.10. The standard InChI is InChI=1S/C16H15BrN2OS/c1-10(2)19-13-7-8-21-15(13)9-14(19)16(20)18-12-6-4-3-5-11(12)17/h3-10H,1-2H3,(H,18,20). The van der Waals surface area contributed by atoms with Gasteiger partial charge in [0.2, 0.25) is 0 Å². The van der Waals surface area contributed by atoms with Gasteiger partial charge in [-0.2, -0.15) is 0 Å². The summed E-state index contributed by atoms with van der Waals surface area (Å²) in [5.74, 6) is -0.0843. The molecule has 0 spiro atoms. The molecule has 0 unspecified atom stereocenters. The van der Waals surface area contributed by atoms with E-state index in [1.54, 1.807) is 11.3 Å². The van der Waals surface area contributed by atoms with Crippen LogP contribution in [-0.2, 0) is 0 Å². The molecule has 0 bridgehead atoms. The van der Waals surface area contributed by atoms with Crippen molar-refractivity contribution in [2.45, 2.75) is 19.9 Å². The van der Waals surface area contributed by atoms with Crippen LogP contribution in [0.25, 0.3) is 10.2 Å². The molecule has 0 atom stereocenters. The Kier molecular flexibility index (Phi) is 3.87. The highest BCUT2D eigenvalue weighted by Gasteiger charge is 2.18. The fourth-order valence-electron chi connectivity index (χ4n) is 2.42. The van der Waals surface area contributed by atoms with Crippen LogP contribution >= 0.6 is 27.3 Å². The Morgan fingerprint density at radius 3 is 2.76 bits per heavy atom. The Balaban J connectivity index is 2.00. The Morgan fingerprint density at radius 1 is 1.29 bits per heavy atom.